The number of carbonyl (C=O) groups is 1. The minimum Gasteiger partial charge on any atom is -0.484 e. The van der Waals surface area contributed by atoms with Crippen molar-refractivity contribution in [2.75, 3.05) is 13.1 Å². The molecule has 1 aliphatic rings. The summed E-state index contributed by atoms with van der Waals surface area (Å²) in [6.07, 6.45) is 1.89. The van der Waals surface area contributed by atoms with Crippen LogP contribution in [0.25, 0.3) is 0 Å². The molecule has 1 unspecified atom stereocenters. The van der Waals surface area contributed by atoms with E-state index >= 15 is 0 Å². The van der Waals surface area contributed by atoms with Crippen LogP contribution < -0.4 is 4.74 Å². The number of benzene rings is 1. The van der Waals surface area contributed by atoms with Gasteiger partial charge in [0.25, 0.3) is 11.8 Å². The number of aryl methyl sites for hydroxylation is 1. The molecule has 2 aromatic heterocycles. The highest BCUT2D eigenvalue weighted by molar-refractivity contribution is 7.12. The number of amides is 1. The number of ether oxygens (including phenoxy) is 1. The summed E-state index contributed by atoms with van der Waals surface area (Å²) in [5.41, 5.74) is 1.03. The number of likely N-dealkylation sites (tertiary alicyclic amines) is 1. The van der Waals surface area contributed by atoms with Crippen LogP contribution in [0.1, 0.15) is 45.7 Å². The van der Waals surface area contributed by atoms with Crippen molar-refractivity contribution in [2.24, 2.45) is 0 Å². The molecule has 3 aromatic rings. The van der Waals surface area contributed by atoms with Gasteiger partial charge in [0, 0.05) is 19.0 Å². The quantitative estimate of drug-likeness (QED) is 0.665. The second kappa shape index (κ2) is 7.92. The molecule has 0 N–H and O–H groups in total. The van der Waals surface area contributed by atoms with E-state index in [1.807, 2.05) is 53.6 Å². The average Bonchev–Trinajstić information content (AvgIpc) is 3.36. The lowest BCUT2D eigenvalue weighted by Gasteiger charge is -2.31. The third-order valence-electron chi connectivity index (χ3n) is 4.72. The Hall–Kier alpha value is -2.67. The van der Waals surface area contributed by atoms with Crippen LogP contribution in [0.15, 0.2) is 46.3 Å². The van der Waals surface area contributed by atoms with E-state index in [0.717, 1.165) is 35.6 Å². The molecule has 7 heteroatoms. The lowest BCUT2D eigenvalue weighted by atomic mass is 9.97. The van der Waals surface area contributed by atoms with E-state index in [0.29, 0.717) is 18.3 Å². The molecule has 1 aliphatic heterocycles. The standard InChI is InChI=1S/C20H21N3O3S/c1-14-9-11-27-18(14)20(24)23-10-5-6-15(12-23)19-21-17(26-22-19)13-25-16-7-3-2-4-8-16/h2-4,7-9,11,15H,5-6,10,12-13H2,1H3. The molecule has 3 heterocycles. The van der Waals surface area contributed by atoms with Crippen molar-refractivity contribution in [3.63, 3.8) is 0 Å². The third-order valence-corrected chi connectivity index (χ3v) is 5.72. The highest BCUT2D eigenvalue weighted by Gasteiger charge is 2.29. The molecule has 1 saturated heterocycles. The summed E-state index contributed by atoms with van der Waals surface area (Å²) in [5.74, 6) is 2.06. The Kier molecular flexibility index (Phi) is 5.20. The van der Waals surface area contributed by atoms with Crippen molar-refractivity contribution in [3.8, 4) is 5.75 Å². The first-order valence-corrected chi connectivity index (χ1v) is 9.92. The Labute approximate surface area is 161 Å². The van der Waals surface area contributed by atoms with Gasteiger partial charge in [-0.3, -0.25) is 4.79 Å². The summed E-state index contributed by atoms with van der Waals surface area (Å²) in [5, 5.41) is 6.09. The number of hydrogen-bond donors (Lipinski definition) is 0. The molecule has 0 aliphatic carbocycles. The molecule has 140 valence electrons. The molecule has 0 radical (unpaired) electrons. The molecule has 0 bridgehead atoms. The molecule has 1 amide bonds. The highest BCUT2D eigenvalue weighted by Crippen LogP contribution is 2.27. The maximum Gasteiger partial charge on any atom is 0.264 e. The van der Waals surface area contributed by atoms with Crippen LogP contribution in [0.2, 0.25) is 0 Å². The van der Waals surface area contributed by atoms with Crippen LogP contribution in [-0.4, -0.2) is 34.0 Å². The average molecular weight is 383 g/mol. The second-order valence-corrected chi connectivity index (χ2v) is 7.59. The van der Waals surface area contributed by atoms with Gasteiger partial charge in [-0.15, -0.1) is 11.3 Å². The SMILES string of the molecule is Cc1ccsc1C(=O)N1CCCC(c2noc(COc3ccccc3)n2)C1. The molecule has 1 atom stereocenters. The normalized spacial score (nSPS) is 17.1. The van der Waals surface area contributed by atoms with E-state index in [2.05, 4.69) is 10.1 Å². The summed E-state index contributed by atoms with van der Waals surface area (Å²) in [6, 6.07) is 11.5. The van der Waals surface area contributed by atoms with Crippen molar-refractivity contribution < 1.29 is 14.1 Å². The monoisotopic (exact) mass is 383 g/mol. The minimum atomic E-state index is 0.0946. The molecule has 27 heavy (non-hydrogen) atoms. The summed E-state index contributed by atoms with van der Waals surface area (Å²) in [4.78, 5) is 20.0. The number of nitrogens with zero attached hydrogens (tertiary/aromatic N) is 3. The summed E-state index contributed by atoms with van der Waals surface area (Å²) in [7, 11) is 0. The van der Waals surface area contributed by atoms with Gasteiger partial charge in [-0.2, -0.15) is 4.98 Å². The maximum atomic E-state index is 12.8. The zero-order valence-electron chi connectivity index (χ0n) is 15.1. The lowest BCUT2D eigenvalue weighted by Crippen LogP contribution is -2.39. The van der Waals surface area contributed by atoms with E-state index in [9.17, 15) is 4.79 Å². The van der Waals surface area contributed by atoms with Gasteiger partial charge in [0.05, 0.1) is 4.88 Å². The number of thiophene rings is 1. The topological polar surface area (TPSA) is 68.5 Å². The van der Waals surface area contributed by atoms with Crippen LogP contribution in [0.4, 0.5) is 0 Å². The maximum absolute atomic E-state index is 12.8. The van der Waals surface area contributed by atoms with Gasteiger partial charge in [-0.1, -0.05) is 23.4 Å². The van der Waals surface area contributed by atoms with Gasteiger partial charge in [-0.05, 0) is 48.9 Å². The number of carbonyl (C=O) groups excluding carboxylic acids is 1. The first-order chi connectivity index (χ1) is 13.2. The van der Waals surface area contributed by atoms with E-state index < -0.39 is 0 Å². The fraction of sp³-hybridized carbons (Fsp3) is 0.350. The Morgan fingerprint density at radius 2 is 2.19 bits per heavy atom. The second-order valence-electron chi connectivity index (χ2n) is 6.67. The number of para-hydroxylation sites is 1. The summed E-state index contributed by atoms with van der Waals surface area (Å²) >= 11 is 1.50. The number of rotatable bonds is 5. The van der Waals surface area contributed by atoms with E-state index in [4.69, 9.17) is 9.26 Å². The van der Waals surface area contributed by atoms with Crippen molar-refractivity contribution in [1.29, 1.82) is 0 Å². The molecule has 1 aromatic carbocycles. The van der Waals surface area contributed by atoms with Gasteiger partial charge in [0.2, 0.25) is 0 Å². The van der Waals surface area contributed by atoms with E-state index in [1.165, 1.54) is 11.3 Å². The van der Waals surface area contributed by atoms with Gasteiger partial charge in [0.1, 0.15) is 5.75 Å². The van der Waals surface area contributed by atoms with Crippen molar-refractivity contribution in [1.82, 2.24) is 15.0 Å². The lowest BCUT2D eigenvalue weighted by molar-refractivity contribution is 0.0708. The molecule has 1 fully saturated rings. The van der Waals surface area contributed by atoms with E-state index in [-0.39, 0.29) is 18.4 Å². The van der Waals surface area contributed by atoms with Crippen LogP contribution in [-0.2, 0) is 6.61 Å². The smallest absolute Gasteiger partial charge is 0.264 e. The largest absolute Gasteiger partial charge is 0.484 e. The Morgan fingerprint density at radius 1 is 1.33 bits per heavy atom. The van der Waals surface area contributed by atoms with Gasteiger partial charge < -0.3 is 14.2 Å². The van der Waals surface area contributed by atoms with Crippen LogP contribution in [0, 0.1) is 6.92 Å². The highest BCUT2D eigenvalue weighted by atomic mass is 32.1. The van der Waals surface area contributed by atoms with Gasteiger partial charge in [-0.25, -0.2) is 0 Å². The summed E-state index contributed by atoms with van der Waals surface area (Å²) < 4.78 is 11.0. The molecule has 0 saturated carbocycles. The third kappa shape index (κ3) is 4.03. The molecular weight excluding hydrogens is 362 g/mol. The minimum absolute atomic E-state index is 0.0946. The zero-order chi connectivity index (χ0) is 18.6. The molecule has 4 rings (SSSR count). The Morgan fingerprint density at radius 3 is 2.96 bits per heavy atom. The molecular formula is C20H21N3O3S. The van der Waals surface area contributed by atoms with Crippen molar-refractivity contribution in [3.05, 3.63) is 63.9 Å². The fourth-order valence-corrected chi connectivity index (χ4v) is 4.15. The van der Waals surface area contributed by atoms with Crippen LogP contribution in [0.3, 0.4) is 0 Å². The molecule has 6 nitrogen and oxygen atoms in total. The van der Waals surface area contributed by atoms with Gasteiger partial charge in [0.15, 0.2) is 12.4 Å². The number of aromatic nitrogens is 2. The first-order valence-electron chi connectivity index (χ1n) is 9.04. The Balaban J connectivity index is 1.39. The summed E-state index contributed by atoms with van der Waals surface area (Å²) in [6.45, 7) is 3.60. The predicted octanol–water partition coefficient (Wildman–Crippen LogP) is 4.04. The van der Waals surface area contributed by atoms with E-state index in [1.54, 1.807) is 0 Å². The van der Waals surface area contributed by atoms with Crippen molar-refractivity contribution in [2.45, 2.75) is 32.3 Å². The zero-order valence-corrected chi connectivity index (χ0v) is 15.9. The Bertz CT molecular complexity index is 906. The number of piperidine rings is 1. The number of hydrogen-bond acceptors (Lipinski definition) is 6. The molecule has 0 spiro atoms. The van der Waals surface area contributed by atoms with Crippen LogP contribution in [0.5, 0.6) is 5.75 Å². The fourth-order valence-electron chi connectivity index (χ4n) is 3.26. The first kappa shape index (κ1) is 17.7. The van der Waals surface area contributed by atoms with Crippen molar-refractivity contribution >= 4 is 17.2 Å². The predicted molar refractivity (Wildman–Crippen MR) is 102 cm³/mol. The van der Waals surface area contributed by atoms with Gasteiger partial charge >= 0.3 is 0 Å². The van der Waals surface area contributed by atoms with Crippen LogP contribution >= 0.6 is 11.3 Å².